The molecular weight excluding hydrogens is 328 g/mol. The Bertz CT molecular complexity index is 908. The van der Waals surface area contributed by atoms with E-state index in [-0.39, 0.29) is 0 Å². The molecule has 0 amide bonds. The number of nitrogens with zero attached hydrogens (tertiary/aromatic N) is 2. The molecule has 2 nitrogen and oxygen atoms in total. The second-order valence-electron chi connectivity index (χ2n) is 7.39. The Morgan fingerprint density at radius 3 is 2.64 bits per heavy atom. The highest BCUT2D eigenvalue weighted by atomic mass is 35.5. The summed E-state index contributed by atoms with van der Waals surface area (Å²) in [6.07, 6.45) is 2.16. The highest BCUT2D eigenvalue weighted by Gasteiger charge is 2.26. The Morgan fingerprint density at radius 1 is 1.12 bits per heavy atom. The van der Waals surface area contributed by atoms with Crippen LogP contribution < -0.4 is 0 Å². The number of benzene rings is 2. The molecule has 3 aromatic rings. The predicted molar refractivity (Wildman–Crippen MR) is 106 cm³/mol. The van der Waals surface area contributed by atoms with Gasteiger partial charge in [-0.3, -0.25) is 4.90 Å². The molecule has 0 spiro atoms. The van der Waals surface area contributed by atoms with Crippen molar-refractivity contribution in [3.8, 4) is 0 Å². The zero-order valence-electron chi connectivity index (χ0n) is 15.2. The summed E-state index contributed by atoms with van der Waals surface area (Å²) in [5, 5.41) is 2.24. The van der Waals surface area contributed by atoms with Crippen LogP contribution >= 0.6 is 11.6 Å². The van der Waals surface area contributed by atoms with E-state index in [0.29, 0.717) is 6.04 Å². The molecule has 1 aromatic heterocycles. The largest absolute Gasteiger partial charge is 0.344 e. The summed E-state index contributed by atoms with van der Waals surface area (Å²) in [6, 6.07) is 15.6. The van der Waals surface area contributed by atoms with Gasteiger partial charge in [0.05, 0.1) is 5.52 Å². The zero-order chi connectivity index (χ0) is 17.6. The fourth-order valence-electron chi connectivity index (χ4n) is 4.10. The minimum absolute atomic E-state index is 0.589. The number of para-hydroxylation sites is 1. The van der Waals surface area contributed by atoms with E-state index in [1.807, 2.05) is 12.1 Å². The number of aryl methyl sites for hydroxylation is 3. The third kappa shape index (κ3) is 2.98. The van der Waals surface area contributed by atoms with Crippen molar-refractivity contribution in [3.63, 3.8) is 0 Å². The summed E-state index contributed by atoms with van der Waals surface area (Å²) in [5.41, 5.74) is 7.19. The zero-order valence-corrected chi connectivity index (χ0v) is 16.0. The maximum absolute atomic E-state index is 6.02. The molecule has 1 atom stereocenters. The van der Waals surface area contributed by atoms with Crippen molar-refractivity contribution in [1.29, 1.82) is 0 Å². The van der Waals surface area contributed by atoms with Gasteiger partial charge in [-0.05, 0) is 56.1 Å². The summed E-state index contributed by atoms with van der Waals surface area (Å²) in [6.45, 7) is 6.63. The minimum atomic E-state index is 0.589. The lowest BCUT2D eigenvalue weighted by Crippen LogP contribution is -2.35. The number of rotatable bonds is 3. The fraction of sp³-hybridized carbons (Fsp3) is 0.364. The van der Waals surface area contributed by atoms with E-state index in [1.165, 1.54) is 33.3 Å². The first-order valence-corrected chi connectivity index (χ1v) is 9.46. The average Bonchev–Trinajstić information content (AvgIpc) is 2.89. The summed E-state index contributed by atoms with van der Waals surface area (Å²) in [4.78, 5) is 2.47. The van der Waals surface area contributed by atoms with Crippen molar-refractivity contribution < 1.29 is 0 Å². The number of likely N-dealkylation sites (N-methyl/N-ethyl adjacent to an activating group) is 1. The van der Waals surface area contributed by atoms with Gasteiger partial charge < -0.3 is 4.57 Å². The number of fused-ring (bicyclic) bond motifs is 3. The van der Waals surface area contributed by atoms with Gasteiger partial charge in [-0.15, -0.1) is 0 Å². The number of hydrogen-bond acceptors (Lipinski definition) is 1. The van der Waals surface area contributed by atoms with Crippen molar-refractivity contribution in [2.75, 3.05) is 7.05 Å². The Morgan fingerprint density at radius 2 is 1.88 bits per heavy atom. The molecule has 2 heterocycles. The average molecular weight is 353 g/mol. The molecule has 1 unspecified atom stereocenters. The molecule has 0 aliphatic carbocycles. The van der Waals surface area contributed by atoms with Crippen LogP contribution in [0, 0.1) is 6.92 Å². The monoisotopic (exact) mass is 352 g/mol. The standard InChI is InChI=1S/C22H25ClN2/c1-15-5-4-6-19-20-14-24(3)16(2)13-21(20)25(22(15)19)12-11-17-7-9-18(23)10-8-17/h4-10,16H,11-14H2,1-3H3. The van der Waals surface area contributed by atoms with Crippen LogP contribution in [0.25, 0.3) is 10.9 Å². The molecule has 4 rings (SSSR count). The highest BCUT2D eigenvalue weighted by Crippen LogP contribution is 2.34. The summed E-state index contributed by atoms with van der Waals surface area (Å²) in [7, 11) is 2.24. The van der Waals surface area contributed by atoms with Crippen molar-refractivity contribution in [2.24, 2.45) is 0 Å². The molecule has 0 bridgehead atoms. The Balaban J connectivity index is 1.77. The molecule has 2 aromatic carbocycles. The third-order valence-corrected chi connectivity index (χ3v) is 5.95. The maximum Gasteiger partial charge on any atom is 0.0515 e. The number of aromatic nitrogens is 1. The lowest BCUT2D eigenvalue weighted by molar-refractivity contribution is 0.228. The number of hydrogen-bond donors (Lipinski definition) is 0. The van der Waals surface area contributed by atoms with Crippen LogP contribution in [0.2, 0.25) is 5.02 Å². The molecule has 0 saturated carbocycles. The summed E-state index contributed by atoms with van der Waals surface area (Å²) < 4.78 is 2.58. The second-order valence-corrected chi connectivity index (χ2v) is 7.83. The molecule has 0 radical (unpaired) electrons. The molecule has 0 saturated heterocycles. The minimum Gasteiger partial charge on any atom is -0.344 e. The molecule has 0 N–H and O–H groups in total. The molecule has 130 valence electrons. The predicted octanol–water partition coefficient (Wildman–Crippen LogP) is 5.22. The molecule has 1 aliphatic rings. The molecule has 3 heteroatoms. The SMILES string of the molecule is Cc1cccc2c3c(n(CCc4ccc(Cl)cc4)c12)CC(C)N(C)C3. The topological polar surface area (TPSA) is 8.17 Å². The summed E-state index contributed by atoms with van der Waals surface area (Å²) in [5.74, 6) is 0. The van der Waals surface area contributed by atoms with Gasteiger partial charge in [-0.25, -0.2) is 0 Å². The normalized spacial score (nSPS) is 17.8. The van der Waals surface area contributed by atoms with Crippen LogP contribution in [0.5, 0.6) is 0 Å². The molecular formula is C22H25ClN2. The quantitative estimate of drug-likeness (QED) is 0.627. The lowest BCUT2D eigenvalue weighted by atomic mass is 9.99. The third-order valence-electron chi connectivity index (χ3n) is 5.69. The van der Waals surface area contributed by atoms with Crippen LogP contribution in [0.4, 0.5) is 0 Å². The molecule has 25 heavy (non-hydrogen) atoms. The Kier molecular flexibility index (Phi) is 4.35. The van der Waals surface area contributed by atoms with Gasteiger partial charge in [0.15, 0.2) is 0 Å². The van der Waals surface area contributed by atoms with Crippen LogP contribution in [-0.2, 0) is 25.9 Å². The number of halogens is 1. The van der Waals surface area contributed by atoms with Gasteiger partial charge in [0.2, 0.25) is 0 Å². The fourth-order valence-corrected chi connectivity index (χ4v) is 4.23. The first-order valence-electron chi connectivity index (χ1n) is 9.09. The van der Waals surface area contributed by atoms with Crippen LogP contribution in [0.3, 0.4) is 0 Å². The Labute approximate surface area is 155 Å². The van der Waals surface area contributed by atoms with Crippen LogP contribution in [0.15, 0.2) is 42.5 Å². The van der Waals surface area contributed by atoms with E-state index in [2.05, 4.69) is 60.7 Å². The first-order chi connectivity index (χ1) is 12.0. The van der Waals surface area contributed by atoms with Gasteiger partial charge in [0.25, 0.3) is 0 Å². The van der Waals surface area contributed by atoms with Gasteiger partial charge in [-0.1, -0.05) is 41.9 Å². The van der Waals surface area contributed by atoms with E-state index in [1.54, 1.807) is 0 Å². The van der Waals surface area contributed by atoms with Crippen molar-refractivity contribution in [2.45, 2.75) is 45.8 Å². The van der Waals surface area contributed by atoms with Gasteiger partial charge >= 0.3 is 0 Å². The van der Waals surface area contributed by atoms with Crippen molar-refractivity contribution in [3.05, 3.63) is 69.9 Å². The smallest absolute Gasteiger partial charge is 0.0515 e. The van der Waals surface area contributed by atoms with Gasteiger partial charge in [-0.2, -0.15) is 0 Å². The van der Waals surface area contributed by atoms with E-state index >= 15 is 0 Å². The van der Waals surface area contributed by atoms with E-state index < -0.39 is 0 Å². The first kappa shape index (κ1) is 16.7. The second kappa shape index (κ2) is 6.51. The molecule has 0 fully saturated rings. The van der Waals surface area contributed by atoms with Crippen LogP contribution in [0.1, 0.15) is 29.3 Å². The van der Waals surface area contributed by atoms with Gasteiger partial charge in [0, 0.05) is 41.7 Å². The lowest BCUT2D eigenvalue weighted by Gasteiger charge is -2.31. The Hall–Kier alpha value is -1.77. The van der Waals surface area contributed by atoms with Gasteiger partial charge in [0.1, 0.15) is 0 Å². The van der Waals surface area contributed by atoms with E-state index in [4.69, 9.17) is 11.6 Å². The summed E-state index contributed by atoms with van der Waals surface area (Å²) >= 11 is 6.02. The highest BCUT2D eigenvalue weighted by molar-refractivity contribution is 6.30. The van der Waals surface area contributed by atoms with Crippen molar-refractivity contribution >= 4 is 22.5 Å². The maximum atomic E-state index is 6.02. The van der Waals surface area contributed by atoms with E-state index in [0.717, 1.165) is 31.0 Å². The van der Waals surface area contributed by atoms with E-state index in [9.17, 15) is 0 Å². The molecule has 1 aliphatic heterocycles. The van der Waals surface area contributed by atoms with Crippen LogP contribution in [-0.4, -0.2) is 22.6 Å². The van der Waals surface area contributed by atoms with Crippen molar-refractivity contribution in [1.82, 2.24) is 9.47 Å².